The van der Waals surface area contributed by atoms with Crippen molar-refractivity contribution in [3.8, 4) is 11.8 Å². The summed E-state index contributed by atoms with van der Waals surface area (Å²) in [5.74, 6) is 0.139. The van der Waals surface area contributed by atoms with Crippen LogP contribution in [0.4, 0.5) is 0 Å². The molecule has 1 N–H and O–H groups in total. The summed E-state index contributed by atoms with van der Waals surface area (Å²) in [6.45, 7) is 0.689. The second-order valence-corrected chi connectivity index (χ2v) is 3.86. The van der Waals surface area contributed by atoms with Gasteiger partial charge in [-0.25, -0.2) is 9.67 Å². The zero-order valence-electron chi connectivity index (χ0n) is 9.18. The van der Waals surface area contributed by atoms with E-state index in [1.165, 1.54) is 6.33 Å². The average molecular weight is 248 g/mol. The molecule has 0 saturated carbocycles. The van der Waals surface area contributed by atoms with E-state index < -0.39 is 0 Å². The van der Waals surface area contributed by atoms with Crippen molar-refractivity contribution in [2.24, 2.45) is 0 Å². The van der Waals surface area contributed by atoms with Crippen LogP contribution in [0.3, 0.4) is 0 Å². The molecule has 0 unspecified atom stereocenters. The van der Waals surface area contributed by atoms with Gasteiger partial charge in [0, 0.05) is 11.6 Å². The van der Waals surface area contributed by atoms with Crippen molar-refractivity contribution in [3.05, 3.63) is 40.9 Å². The molecule has 1 aromatic heterocycles. The van der Waals surface area contributed by atoms with Crippen LogP contribution in [0.2, 0.25) is 5.02 Å². The van der Waals surface area contributed by atoms with Crippen LogP contribution in [-0.4, -0.2) is 21.8 Å². The van der Waals surface area contributed by atoms with E-state index >= 15 is 0 Å². The highest BCUT2D eigenvalue weighted by Gasteiger charge is 2.07. The molecule has 6 heteroatoms. The van der Waals surface area contributed by atoms with Crippen LogP contribution in [0.5, 0.6) is 0 Å². The number of nitrogens with one attached hydrogen (secondary N) is 1. The molecule has 0 saturated heterocycles. The van der Waals surface area contributed by atoms with Crippen LogP contribution in [0, 0.1) is 11.3 Å². The smallest absolute Gasteiger partial charge is 0.252 e. The molecule has 0 radical (unpaired) electrons. The first-order valence-electron chi connectivity index (χ1n) is 4.99. The van der Waals surface area contributed by atoms with E-state index in [1.807, 2.05) is 25.2 Å². The van der Waals surface area contributed by atoms with E-state index in [4.69, 9.17) is 16.9 Å². The molecule has 86 valence electrons. The minimum atomic E-state index is 0.139. The first kappa shape index (κ1) is 11.6. The van der Waals surface area contributed by atoms with Gasteiger partial charge in [-0.3, -0.25) is 0 Å². The van der Waals surface area contributed by atoms with E-state index in [1.54, 1.807) is 10.7 Å². The Balaban J connectivity index is 2.49. The van der Waals surface area contributed by atoms with Gasteiger partial charge in [-0.1, -0.05) is 17.7 Å². The molecule has 17 heavy (non-hydrogen) atoms. The largest absolute Gasteiger partial charge is 0.316 e. The summed E-state index contributed by atoms with van der Waals surface area (Å²) >= 11 is 5.96. The maximum absolute atomic E-state index is 8.70. The summed E-state index contributed by atoms with van der Waals surface area (Å²) in [5, 5.41) is 16.4. The van der Waals surface area contributed by atoms with E-state index in [0.29, 0.717) is 11.6 Å². The van der Waals surface area contributed by atoms with Crippen LogP contribution in [0.1, 0.15) is 11.4 Å². The van der Waals surface area contributed by atoms with Crippen molar-refractivity contribution in [1.29, 1.82) is 5.26 Å². The fraction of sp³-hybridized carbons (Fsp3) is 0.182. The monoisotopic (exact) mass is 247 g/mol. The Hall–Kier alpha value is -1.90. The summed E-state index contributed by atoms with van der Waals surface area (Å²) in [6, 6.07) is 7.43. The molecule has 0 aliphatic heterocycles. The minimum Gasteiger partial charge on any atom is -0.316 e. The minimum absolute atomic E-state index is 0.139. The van der Waals surface area contributed by atoms with Crippen molar-refractivity contribution in [3.63, 3.8) is 0 Å². The highest BCUT2D eigenvalue weighted by molar-refractivity contribution is 6.30. The molecule has 2 aromatic rings. The summed E-state index contributed by atoms with van der Waals surface area (Å²) in [4.78, 5) is 3.87. The lowest BCUT2D eigenvalue weighted by Gasteiger charge is -2.08. The third kappa shape index (κ3) is 2.44. The summed E-state index contributed by atoms with van der Waals surface area (Å²) in [6.07, 6.45) is 1.50. The summed E-state index contributed by atoms with van der Waals surface area (Å²) in [5.41, 5.74) is 1.85. The van der Waals surface area contributed by atoms with Crippen LogP contribution in [0.25, 0.3) is 5.69 Å². The van der Waals surface area contributed by atoms with Crippen LogP contribution in [-0.2, 0) is 6.54 Å². The fourth-order valence-electron chi connectivity index (χ4n) is 1.52. The molecule has 0 fully saturated rings. The van der Waals surface area contributed by atoms with Crippen molar-refractivity contribution in [2.45, 2.75) is 6.54 Å². The lowest BCUT2D eigenvalue weighted by Crippen LogP contribution is -2.09. The van der Waals surface area contributed by atoms with Crippen molar-refractivity contribution in [1.82, 2.24) is 20.1 Å². The second kappa shape index (κ2) is 4.95. The standard InChI is InChI=1S/C11H10ClN5/c1-14-6-8-2-3-9(12)4-10(8)17-7-15-11(5-13)16-17/h2-4,7,14H,6H2,1H3. The molecule has 0 aliphatic rings. The molecule has 0 atom stereocenters. The molecule has 1 heterocycles. The van der Waals surface area contributed by atoms with Gasteiger partial charge in [0.25, 0.3) is 5.82 Å². The predicted octanol–water partition coefficient (Wildman–Crippen LogP) is 1.51. The maximum atomic E-state index is 8.70. The normalized spacial score (nSPS) is 10.2. The first-order chi connectivity index (χ1) is 8.24. The Morgan fingerprint density at radius 3 is 3.00 bits per heavy atom. The first-order valence-corrected chi connectivity index (χ1v) is 5.37. The van der Waals surface area contributed by atoms with Gasteiger partial charge >= 0.3 is 0 Å². The van der Waals surface area contributed by atoms with Crippen molar-refractivity contribution in [2.75, 3.05) is 7.05 Å². The molecule has 0 bridgehead atoms. The lowest BCUT2D eigenvalue weighted by molar-refractivity contribution is 0.787. The van der Waals surface area contributed by atoms with E-state index in [2.05, 4.69) is 15.4 Å². The van der Waals surface area contributed by atoms with Gasteiger partial charge in [0.2, 0.25) is 0 Å². The molecule has 0 spiro atoms. The van der Waals surface area contributed by atoms with Gasteiger partial charge in [-0.05, 0) is 24.7 Å². The highest BCUT2D eigenvalue weighted by Crippen LogP contribution is 2.19. The number of nitrogens with zero attached hydrogens (tertiary/aromatic N) is 4. The number of aromatic nitrogens is 3. The summed E-state index contributed by atoms with van der Waals surface area (Å²) in [7, 11) is 1.86. The van der Waals surface area contributed by atoms with Gasteiger partial charge in [-0.2, -0.15) is 5.26 Å². The topological polar surface area (TPSA) is 66.5 Å². The molecule has 0 aliphatic carbocycles. The van der Waals surface area contributed by atoms with Gasteiger partial charge in [0.05, 0.1) is 5.69 Å². The Labute approximate surface area is 104 Å². The van der Waals surface area contributed by atoms with Crippen LogP contribution >= 0.6 is 11.6 Å². The van der Waals surface area contributed by atoms with Crippen molar-refractivity contribution < 1.29 is 0 Å². The number of hydrogen-bond acceptors (Lipinski definition) is 4. The second-order valence-electron chi connectivity index (χ2n) is 3.43. The average Bonchev–Trinajstić information content (AvgIpc) is 2.80. The quantitative estimate of drug-likeness (QED) is 0.893. The van der Waals surface area contributed by atoms with Crippen LogP contribution < -0.4 is 5.32 Å². The lowest BCUT2D eigenvalue weighted by atomic mass is 10.2. The SMILES string of the molecule is CNCc1ccc(Cl)cc1-n1cnc(C#N)n1. The Bertz CT molecular complexity index is 569. The number of rotatable bonds is 3. The van der Waals surface area contributed by atoms with Gasteiger partial charge < -0.3 is 5.32 Å². The molecule has 1 aromatic carbocycles. The van der Waals surface area contributed by atoms with E-state index in [0.717, 1.165) is 11.3 Å². The molecular weight excluding hydrogens is 238 g/mol. The Morgan fingerprint density at radius 2 is 2.35 bits per heavy atom. The fourth-order valence-corrected chi connectivity index (χ4v) is 1.69. The third-order valence-corrected chi connectivity index (χ3v) is 2.49. The Kier molecular flexibility index (Phi) is 3.38. The molecule has 2 rings (SSSR count). The van der Waals surface area contributed by atoms with Gasteiger partial charge in [0.15, 0.2) is 0 Å². The van der Waals surface area contributed by atoms with E-state index in [-0.39, 0.29) is 5.82 Å². The molecular formula is C11H10ClN5. The number of nitriles is 1. The third-order valence-electron chi connectivity index (χ3n) is 2.25. The number of halogens is 1. The molecule has 0 amide bonds. The van der Waals surface area contributed by atoms with Crippen molar-refractivity contribution >= 4 is 11.6 Å². The van der Waals surface area contributed by atoms with Crippen LogP contribution in [0.15, 0.2) is 24.5 Å². The van der Waals surface area contributed by atoms with Gasteiger partial charge in [-0.15, -0.1) is 5.10 Å². The zero-order chi connectivity index (χ0) is 12.3. The zero-order valence-corrected chi connectivity index (χ0v) is 9.94. The Morgan fingerprint density at radius 1 is 1.53 bits per heavy atom. The molecule has 5 nitrogen and oxygen atoms in total. The number of hydrogen-bond donors (Lipinski definition) is 1. The number of benzene rings is 1. The summed E-state index contributed by atoms with van der Waals surface area (Å²) < 4.78 is 1.55. The maximum Gasteiger partial charge on any atom is 0.252 e. The van der Waals surface area contributed by atoms with Gasteiger partial charge in [0.1, 0.15) is 12.4 Å². The highest BCUT2D eigenvalue weighted by atomic mass is 35.5. The predicted molar refractivity (Wildman–Crippen MR) is 63.8 cm³/mol. The van der Waals surface area contributed by atoms with E-state index in [9.17, 15) is 0 Å².